The van der Waals surface area contributed by atoms with Crippen LogP contribution in [0.4, 0.5) is 18.9 Å². The van der Waals surface area contributed by atoms with Gasteiger partial charge in [0.15, 0.2) is 0 Å². The molecule has 2 amide bonds. The molecule has 0 aromatic heterocycles. The third kappa shape index (κ3) is 6.15. The van der Waals surface area contributed by atoms with Crippen LogP contribution in [0.3, 0.4) is 0 Å². The Bertz CT molecular complexity index is 744. The Balaban J connectivity index is 1.98. The molecule has 0 fully saturated rings. The van der Waals surface area contributed by atoms with Crippen molar-refractivity contribution < 1.29 is 22.8 Å². The van der Waals surface area contributed by atoms with Gasteiger partial charge in [0.2, 0.25) is 5.91 Å². The van der Waals surface area contributed by atoms with Crippen LogP contribution >= 0.6 is 11.8 Å². The van der Waals surface area contributed by atoms with E-state index >= 15 is 0 Å². The summed E-state index contributed by atoms with van der Waals surface area (Å²) in [5, 5.41) is 5.17. The number of alkyl halides is 3. The monoisotopic (exact) mass is 368 g/mol. The number of amides is 2. The van der Waals surface area contributed by atoms with Gasteiger partial charge >= 0.3 is 5.51 Å². The van der Waals surface area contributed by atoms with E-state index in [-0.39, 0.29) is 34.5 Å². The van der Waals surface area contributed by atoms with E-state index in [1.165, 1.54) is 24.3 Å². The van der Waals surface area contributed by atoms with Gasteiger partial charge in [-0.25, -0.2) is 0 Å². The number of hydrogen-bond donors (Lipinski definition) is 2. The molecule has 0 radical (unpaired) electrons. The predicted octanol–water partition coefficient (Wildman–Crippen LogP) is 3.84. The van der Waals surface area contributed by atoms with E-state index in [1.54, 1.807) is 31.3 Å². The van der Waals surface area contributed by atoms with Crippen molar-refractivity contribution in [1.29, 1.82) is 0 Å². The lowest BCUT2D eigenvalue weighted by Gasteiger charge is -2.08. The van der Waals surface area contributed by atoms with Gasteiger partial charge < -0.3 is 10.6 Å². The molecule has 4 nitrogen and oxygen atoms in total. The summed E-state index contributed by atoms with van der Waals surface area (Å²) in [6.45, 7) is 0. The molecule has 0 heterocycles. The second-order valence-electron chi connectivity index (χ2n) is 5.07. The van der Waals surface area contributed by atoms with Gasteiger partial charge in [-0.3, -0.25) is 9.59 Å². The van der Waals surface area contributed by atoms with Gasteiger partial charge in [-0.15, -0.1) is 0 Å². The minimum atomic E-state index is -4.36. The fraction of sp³-hybridized carbons (Fsp3) is 0.176. The lowest BCUT2D eigenvalue weighted by atomic mass is 10.1. The van der Waals surface area contributed by atoms with Crippen molar-refractivity contribution in [2.75, 3.05) is 12.4 Å². The first-order valence-electron chi connectivity index (χ1n) is 7.23. The number of anilines is 1. The van der Waals surface area contributed by atoms with Crippen molar-refractivity contribution in [3.05, 3.63) is 59.7 Å². The van der Waals surface area contributed by atoms with Gasteiger partial charge in [-0.1, -0.05) is 12.1 Å². The van der Waals surface area contributed by atoms with Gasteiger partial charge in [0, 0.05) is 23.2 Å². The van der Waals surface area contributed by atoms with Gasteiger partial charge in [-0.05, 0) is 53.7 Å². The van der Waals surface area contributed by atoms with Gasteiger partial charge in [0.25, 0.3) is 5.91 Å². The minimum Gasteiger partial charge on any atom is -0.359 e. The average molecular weight is 368 g/mol. The zero-order chi connectivity index (χ0) is 18.4. The van der Waals surface area contributed by atoms with Crippen LogP contribution in [-0.4, -0.2) is 24.4 Å². The summed E-state index contributed by atoms with van der Waals surface area (Å²) in [7, 11) is 1.55. The minimum absolute atomic E-state index is 0.0163. The fourth-order valence-electron chi connectivity index (χ4n) is 1.99. The van der Waals surface area contributed by atoms with Crippen molar-refractivity contribution in [2.45, 2.75) is 16.8 Å². The maximum Gasteiger partial charge on any atom is 0.446 e. The lowest BCUT2D eigenvalue weighted by Crippen LogP contribution is -2.19. The summed E-state index contributed by atoms with van der Waals surface area (Å²) in [5.41, 5.74) is -2.79. The van der Waals surface area contributed by atoms with E-state index in [0.717, 1.165) is 5.56 Å². The molecule has 0 atom stereocenters. The Kier molecular flexibility index (Phi) is 6.08. The SMILES string of the molecule is CNC(=O)Cc1ccc(NC(=O)c2ccc(SC(F)(F)F)cc2)cc1. The molecule has 8 heteroatoms. The second kappa shape index (κ2) is 8.06. The van der Waals surface area contributed by atoms with E-state index in [2.05, 4.69) is 10.6 Å². The van der Waals surface area contributed by atoms with E-state index in [1.807, 2.05) is 0 Å². The van der Waals surface area contributed by atoms with Crippen molar-refractivity contribution in [3.8, 4) is 0 Å². The number of thioether (sulfide) groups is 1. The van der Waals surface area contributed by atoms with E-state index < -0.39 is 11.4 Å². The molecule has 0 aliphatic rings. The molecule has 2 aromatic carbocycles. The molecule has 0 saturated heterocycles. The number of benzene rings is 2. The second-order valence-corrected chi connectivity index (χ2v) is 6.21. The number of carbonyl (C=O) groups excluding carboxylic acids is 2. The summed E-state index contributed by atoms with van der Waals surface area (Å²) in [4.78, 5) is 23.4. The standard InChI is InChI=1S/C17H15F3N2O2S/c1-21-15(23)10-11-2-6-13(7-3-11)22-16(24)12-4-8-14(9-5-12)25-17(18,19)20/h2-9H,10H2,1H3,(H,21,23)(H,22,24). The Hall–Kier alpha value is -2.48. The first-order valence-corrected chi connectivity index (χ1v) is 8.05. The predicted molar refractivity (Wildman–Crippen MR) is 90.5 cm³/mol. The molecule has 0 aliphatic heterocycles. The van der Waals surface area contributed by atoms with E-state index in [4.69, 9.17) is 0 Å². The molecular formula is C17H15F3N2O2S. The topological polar surface area (TPSA) is 58.2 Å². The summed E-state index contributed by atoms with van der Waals surface area (Å²) < 4.78 is 36.8. The largest absolute Gasteiger partial charge is 0.446 e. The van der Waals surface area contributed by atoms with Gasteiger partial charge in [0.1, 0.15) is 0 Å². The van der Waals surface area contributed by atoms with E-state index in [9.17, 15) is 22.8 Å². The third-order valence-corrected chi connectivity index (χ3v) is 3.94. The molecular weight excluding hydrogens is 353 g/mol. The number of halogens is 3. The molecule has 2 rings (SSSR count). The zero-order valence-corrected chi connectivity index (χ0v) is 14.0. The maximum absolute atomic E-state index is 12.3. The number of rotatable bonds is 5. The van der Waals surface area contributed by atoms with Crippen LogP contribution in [0.2, 0.25) is 0 Å². The van der Waals surface area contributed by atoms with Crippen molar-refractivity contribution in [2.24, 2.45) is 0 Å². The molecule has 0 saturated carbocycles. The zero-order valence-electron chi connectivity index (χ0n) is 13.2. The number of hydrogen-bond acceptors (Lipinski definition) is 3. The van der Waals surface area contributed by atoms with E-state index in [0.29, 0.717) is 5.69 Å². The van der Waals surface area contributed by atoms with Crippen LogP contribution in [0.1, 0.15) is 15.9 Å². The normalized spacial score (nSPS) is 11.0. The molecule has 0 bridgehead atoms. The maximum atomic E-state index is 12.3. The molecule has 2 N–H and O–H groups in total. The molecule has 25 heavy (non-hydrogen) atoms. The fourth-order valence-corrected chi connectivity index (χ4v) is 2.53. The van der Waals surface area contributed by atoms with Gasteiger partial charge in [-0.2, -0.15) is 13.2 Å². The van der Waals surface area contributed by atoms with Crippen molar-refractivity contribution in [1.82, 2.24) is 5.32 Å². The smallest absolute Gasteiger partial charge is 0.359 e. The Morgan fingerprint density at radius 3 is 2.12 bits per heavy atom. The Morgan fingerprint density at radius 1 is 1.00 bits per heavy atom. The van der Waals surface area contributed by atoms with Crippen LogP contribution in [-0.2, 0) is 11.2 Å². The van der Waals surface area contributed by atoms with Crippen LogP contribution in [0, 0.1) is 0 Å². The molecule has 2 aromatic rings. The molecule has 132 valence electrons. The van der Waals surface area contributed by atoms with Crippen LogP contribution in [0.15, 0.2) is 53.4 Å². The highest BCUT2D eigenvalue weighted by Crippen LogP contribution is 2.36. The van der Waals surface area contributed by atoms with Crippen LogP contribution < -0.4 is 10.6 Å². The molecule has 0 aliphatic carbocycles. The molecule has 0 unspecified atom stereocenters. The summed E-state index contributed by atoms with van der Waals surface area (Å²) in [6.07, 6.45) is 0.239. The van der Waals surface area contributed by atoms with Crippen molar-refractivity contribution >= 4 is 29.3 Å². The summed E-state index contributed by atoms with van der Waals surface area (Å²) >= 11 is -0.231. The highest BCUT2D eigenvalue weighted by Gasteiger charge is 2.29. The van der Waals surface area contributed by atoms with Crippen LogP contribution in [0.5, 0.6) is 0 Å². The summed E-state index contributed by atoms with van der Waals surface area (Å²) in [5.74, 6) is -0.545. The highest BCUT2D eigenvalue weighted by atomic mass is 32.2. The number of likely N-dealkylation sites (N-methyl/N-ethyl adjacent to an activating group) is 1. The van der Waals surface area contributed by atoms with Gasteiger partial charge in [0.05, 0.1) is 6.42 Å². The quantitative estimate of drug-likeness (QED) is 0.789. The first kappa shape index (κ1) is 18.9. The number of nitrogens with one attached hydrogen (secondary N) is 2. The lowest BCUT2D eigenvalue weighted by molar-refractivity contribution is -0.119. The average Bonchev–Trinajstić information content (AvgIpc) is 2.55. The number of carbonyl (C=O) groups is 2. The highest BCUT2D eigenvalue weighted by molar-refractivity contribution is 8.00. The Labute approximate surface area is 146 Å². The molecule has 0 spiro atoms. The third-order valence-electron chi connectivity index (χ3n) is 3.21. The summed E-state index contributed by atoms with van der Waals surface area (Å²) in [6, 6.07) is 11.9. The van der Waals surface area contributed by atoms with Crippen LogP contribution in [0.25, 0.3) is 0 Å². The van der Waals surface area contributed by atoms with Crippen molar-refractivity contribution in [3.63, 3.8) is 0 Å². The Morgan fingerprint density at radius 2 is 1.60 bits per heavy atom. The first-order chi connectivity index (χ1) is 11.8.